The molecule has 5 heteroatoms. The molecule has 1 saturated heterocycles. The van der Waals surface area contributed by atoms with Crippen molar-refractivity contribution < 1.29 is 0 Å². The molecular formula is C35H51N5. The second-order valence-electron chi connectivity index (χ2n) is 12.4. The molecule has 1 aromatic carbocycles. The van der Waals surface area contributed by atoms with E-state index in [1.807, 2.05) is 6.20 Å². The third kappa shape index (κ3) is 5.68. The van der Waals surface area contributed by atoms with Crippen LogP contribution in [0, 0.1) is 0 Å². The first-order chi connectivity index (χ1) is 19.5. The topological polar surface area (TPSA) is 57.4 Å². The third-order valence-electron chi connectivity index (χ3n) is 9.86. The molecule has 1 aliphatic heterocycles. The lowest BCUT2D eigenvalue weighted by Crippen LogP contribution is -2.32. The number of rotatable bonds is 11. The lowest BCUT2D eigenvalue weighted by molar-refractivity contribution is 0.346. The number of aromatic nitrogens is 1. The number of hydrogen-bond donors (Lipinski definition) is 2. The molecule has 1 aromatic heterocycles. The van der Waals surface area contributed by atoms with Crippen molar-refractivity contribution in [1.82, 2.24) is 9.88 Å². The van der Waals surface area contributed by atoms with Gasteiger partial charge in [-0.05, 0) is 124 Å². The van der Waals surface area contributed by atoms with Crippen LogP contribution in [0.4, 0.5) is 11.4 Å². The molecule has 0 radical (unpaired) electrons. The van der Waals surface area contributed by atoms with Gasteiger partial charge in [0.15, 0.2) is 0 Å². The van der Waals surface area contributed by atoms with Gasteiger partial charge < -0.3 is 20.9 Å². The Kier molecular flexibility index (Phi) is 9.20. The average Bonchev–Trinajstić information content (AvgIpc) is 3.47. The molecular weight excluding hydrogens is 490 g/mol. The van der Waals surface area contributed by atoms with Gasteiger partial charge in [0.2, 0.25) is 0 Å². The summed E-state index contributed by atoms with van der Waals surface area (Å²) >= 11 is 0. The minimum absolute atomic E-state index is 0.360. The minimum atomic E-state index is 0.360. The number of benzene rings is 1. The number of hydrogen-bond acceptors (Lipinski definition) is 5. The van der Waals surface area contributed by atoms with Gasteiger partial charge in [0.1, 0.15) is 0 Å². The average molecular weight is 542 g/mol. The first-order valence-electron chi connectivity index (χ1n) is 16.0. The fourth-order valence-corrected chi connectivity index (χ4v) is 6.99. The van der Waals surface area contributed by atoms with E-state index in [0.717, 1.165) is 55.7 Å². The molecule has 5 nitrogen and oxygen atoms in total. The number of likely N-dealkylation sites (N-methyl/N-ethyl adjacent to an activating group) is 1. The summed E-state index contributed by atoms with van der Waals surface area (Å²) in [7, 11) is 2.25. The molecule has 2 unspecified atom stereocenters. The Labute approximate surface area is 242 Å². The van der Waals surface area contributed by atoms with E-state index in [1.165, 1.54) is 90.8 Å². The van der Waals surface area contributed by atoms with Crippen LogP contribution in [-0.2, 0) is 6.42 Å². The zero-order chi connectivity index (χ0) is 28.2. The fraction of sp³-hybridized carbons (Fsp3) is 0.571. The van der Waals surface area contributed by atoms with Gasteiger partial charge in [-0.15, -0.1) is 0 Å². The number of fused-ring (bicyclic) bond motifs is 1. The predicted octanol–water partition coefficient (Wildman–Crippen LogP) is 8.03. The van der Waals surface area contributed by atoms with Crippen molar-refractivity contribution in [3.63, 3.8) is 0 Å². The summed E-state index contributed by atoms with van der Waals surface area (Å²) in [5, 5.41) is 3.62. The van der Waals surface area contributed by atoms with E-state index >= 15 is 0 Å². The van der Waals surface area contributed by atoms with E-state index in [1.54, 1.807) is 0 Å². The van der Waals surface area contributed by atoms with E-state index in [9.17, 15) is 0 Å². The van der Waals surface area contributed by atoms with Crippen LogP contribution in [0.5, 0.6) is 0 Å². The van der Waals surface area contributed by atoms with Crippen molar-refractivity contribution in [1.29, 1.82) is 0 Å². The highest BCUT2D eigenvalue weighted by Crippen LogP contribution is 2.47. The molecule has 0 amide bonds. The molecule has 3 aliphatic rings. The summed E-state index contributed by atoms with van der Waals surface area (Å²) in [5.41, 5.74) is 19.5. The number of nitrogens with two attached hydrogens (primary N) is 1. The van der Waals surface area contributed by atoms with Gasteiger partial charge in [0.25, 0.3) is 0 Å². The zero-order valence-corrected chi connectivity index (χ0v) is 25.5. The smallest absolute Gasteiger partial charge is 0.0536 e. The third-order valence-corrected chi connectivity index (χ3v) is 9.86. The van der Waals surface area contributed by atoms with Crippen LogP contribution in [0.2, 0.25) is 0 Å². The molecule has 0 bridgehead atoms. The highest BCUT2D eigenvalue weighted by Gasteiger charge is 2.28. The Balaban J connectivity index is 1.70. The summed E-state index contributed by atoms with van der Waals surface area (Å²) in [5.74, 6) is 0.951. The van der Waals surface area contributed by atoms with Gasteiger partial charge in [-0.25, -0.2) is 0 Å². The second-order valence-corrected chi connectivity index (χ2v) is 12.4. The van der Waals surface area contributed by atoms with E-state index < -0.39 is 0 Å². The lowest BCUT2D eigenvalue weighted by Gasteiger charge is -2.32. The lowest BCUT2D eigenvalue weighted by atomic mass is 9.81. The van der Waals surface area contributed by atoms with E-state index in [4.69, 9.17) is 10.7 Å². The maximum absolute atomic E-state index is 7.07. The number of nitrogens with zero attached hydrogens (tertiary/aromatic N) is 3. The normalized spacial score (nSPS) is 19.6. The number of likely N-dealkylation sites (tertiary alicyclic amines) is 1. The fourth-order valence-electron chi connectivity index (χ4n) is 6.99. The first-order valence-corrected chi connectivity index (χ1v) is 16.0. The maximum atomic E-state index is 7.07. The van der Waals surface area contributed by atoms with Gasteiger partial charge in [0.05, 0.1) is 5.69 Å². The monoisotopic (exact) mass is 541 g/mol. The van der Waals surface area contributed by atoms with Crippen LogP contribution < -0.4 is 16.0 Å². The van der Waals surface area contributed by atoms with Gasteiger partial charge in [-0.2, -0.15) is 0 Å². The number of allylic oxidation sites excluding steroid dienone is 1. The maximum Gasteiger partial charge on any atom is 0.0536 e. The van der Waals surface area contributed by atoms with Gasteiger partial charge in [-0.1, -0.05) is 27.4 Å². The van der Waals surface area contributed by atoms with Crippen molar-refractivity contribution in [2.45, 2.75) is 96.8 Å². The molecule has 5 rings (SSSR count). The number of pyridine rings is 1. The Hall–Kier alpha value is -2.79. The van der Waals surface area contributed by atoms with Crippen molar-refractivity contribution >= 4 is 17.1 Å². The Morgan fingerprint density at radius 1 is 1.18 bits per heavy atom. The first kappa shape index (κ1) is 28.7. The van der Waals surface area contributed by atoms with Crippen LogP contribution in [0.25, 0.3) is 16.8 Å². The van der Waals surface area contributed by atoms with Crippen molar-refractivity contribution in [2.24, 2.45) is 5.73 Å². The molecule has 2 heterocycles. The zero-order valence-electron chi connectivity index (χ0n) is 25.5. The number of anilines is 2. The molecule has 0 spiro atoms. The summed E-state index contributed by atoms with van der Waals surface area (Å²) in [6, 6.07) is 4.88. The van der Waals surface area contributed by atoms with Crippen molar-refractivity contribution in [2.75, 3.05) is 43.4 Å². The molecule has 2 aromatic rings. The van der Waals surface area contributed by atoms with Gasteiger partial charge in [0, 0.05) is 60.5 Å². The van der Waals surface area contributed by atoms with E-state index in [-0.39, 0.29) is 0 Å². The highest BCUT2D eigenvalue weighted by molar-refractivity contribution is 5.93. The largest absolute Gasteiger partial charge is 0.398 e. The van der Waals surface area contributed by atoms with Crippen LogP contribution in [0.1, 0.15) is 113 Å². The summed E-state index contributed by atoms with van der Waals surface area (Å²) in [6.07, 6.45) is 15.9. The van der Waals surface area contributed by atoms with Crippen molar-refractivity contribution in [3.8, 4) is 11.1 Å². The quantitative estimate of drug-likeness (QED) is 0.301. The minimum Gasteiger partial charge on any atom is -0.398 e. The Morgan fingerprint density at radius 2 is 1.95 bits per heavy atom. The summed E-state index contributed by atoms with van der Waals surface area (Å²) < 4.78 is 0. The highest BCUT2D eigenvalue weighted by atomic mass is 15.2. The number of nitrogens with one attached hydrogen (secondary N) is 1. The standard InChI is InChI=1S/C35H51N5/c1-6-24(4)31-29(28-21-27-16-11-13-25(7-2)34(27)38-23-28)22-30(39(5)19-20-40-17-9-10-18-40)32(35(31)37-8-3)33(36)26-14-12-15-26/h8,21-25,37H,3,6-7,9-20,36H2,1-2,4-5H3. The molecule has 3 N–H and O–H groups in total. The van der Waals surface area contributed by atoms with Crippen LogP contribution in [0.3, 0.4) is 0 Å². The molecule has 40 heavy (non-hydrogen) atoms. The van der Waals surface area contributed by atoms with Crippen LogP contribution in [-0.4, -0.2) is 43.1 Å². The van der Waals surface area contributed by atoms with E-state index in [2.05, 4.69) is 67.8 Å². The molecule has 2 fully saturated rings. The number of aryl methyl sites for hydroxylation is 1. The Morgan fingerprint density at radius 3 is 2.60 bits per heavy atom. The molecule has 216 valence electrons. The van der Waals surface area contributed by atoms with Gasteiger partial charge in [-0.3, -0.25) is 4.98 Å². The molecule has 1 saturated carbocycles. The summed E-state index contributed by atoms with van der Waals surface area (Å²) in [6.45, 7) is 15.5. The second kappa shape index (κ2) is 12.8. The van der Waals surface area contributed by atoms with Crippen molar-refractivity contribution in [3.05, 3.63) is 59.1 Å². The Bertz CT molecular complexity index is 1230. The molecule has 2 aliphatic carbocycles. The van der Waals surface area contributed by atoms with Crippen LogP contribution >= 0.6 is 0 Å². The van der Waals surface area contributed by atoms with Gasteiger partial charge >= 0.3 is 0 Å². The van der Waals surface area contributed by atoms with E-state index in [0.29, 0.717) is 11.8 Å². The summed E-state index contributed by atoms with van der Waals surface area (Å²) in [4.78, 5) is 10.2. The van der Waals surface area contributed by atoms with Crippen LogP contribution in [0.15, 0.2) is 36.7 Å². The molecule has 2 atom stereocenters. The SMILES string of the molecule is C=CNc1c(C(N)=C2CCC2)c(N(C)CCN2CCCC2)cc(-c2cnc3c(c2)CCCC3CC)c1C(C)CC. The predicted molar refractivity (Wildman–Crippen MR) is 172 cm³/mol.